The third kappa shape index (κ3) is 2.49. The number of esters is 1. The molecule has 18 heavy (non-hydrogen) atoms. The molecule has 5 heteroatoms. The van der Waals surface area contributed by atoms with Crippen LogP contribution in [0.1, 0.15) is 15.9 Å². The zero-order valence-corrected chi connectivity index (χ0v) is 10.4. The van der Waals surface area contributed by atoms with Crippen LogP contribution in [0.4, 0.5) is 0 Å². The van der Waals surface area contributed by atoms with Gasteiger partial charge in [-0.05, 0) is 23.8 Å². The lowest BCUT2D eigenvalue weighted by molar-refractivity contribution is -0.139. The lowest BCUT2D eigenvalue weighted by Crippen LogP contribution is -2.04. The zero-order chi connectivity index (χ0) is 13.1. The standard InChI is InChI=1S/C13H10ClNO3/c1-18-12(17)5-8-2-3-11-9(4-8)6-10(7-16)13(14)15-11/h2-4,6-7H,5H2,1H3. The predicted octanol–water partition coefficient (Wildman–Crippen LogP) is 2.42. The number of ether oxygens (including phenoxy) is 1. The Morgan fingerprint density at radius 3 is 2.89 bits per heavy atom. The molecule has 0 fully saturated rings. The van der Waals surface area contributed by atoms with Crippen LogP contribution < -0.4 is 0 Å². The van der Waals surface area contributed by atoms with Crippen molar-refractivity contribution < 1.29 is 14.3 Å². The van der Waals surface area contributed by atoms with Gasteiger partial charge in [0.05, 0.1) is 24.6 Å². The fourth-order valence-electron chi connectivity index (χ4n) is 1.65. The molecular weight excluding hydrogens is 254 g/mol. The van der Waals surface area contributed by atoms with Crippen molar-refractivity contribution in [2.75, 3.05) is 7.11 Å². The largest absolute Gasteiger partial charge is 0.469 e. The molecule has 2 rings (SSSR count). The van der Waals surface area contributed by atoms with Crippen molar-refractivity contribution in [2.45, 2.75) is 6.42 Å². The minimum Gasteiger partial charge on any atom is -0.469 e. The van der Waals surface area contributed by atoms with E-state index in [1.807, 2.05) is 0 Å². The van der Waals surface area contributed by atoms with Crippen molar-refractivity contribution in [2.24, 2.45) is 0 Å². The van der Waals surface area contributed by atoms with Crippen LogP contribution >= 0.6 is 11.6 Å². The summed E-state index contributed by atoms with van der Waals surface area (Å²) in [6, 6.07) is 6.98. The molecule has 0 aliphatic rings. The van der Waals surface area contributed by atoms with Gasteiger partial charge in [-0.1, -0.05) is 17.7 Å². The molecular formula is C13H10ClNO3. The molecule has 0 aliphatic carbocycles. The summed E-state index contributed by atoms with van der Waals surface area (Å²) in [4.78, 5) is 26.1. The highest BCUT2D eigenvalue weighted by molar-refractivity contribution is 6.32. The highest BCUT2D eigenvalue weighted by Crippen LogP contribution is 2.20. The van der Waals surface area contributed by atoms with Crippen molar-refractivity contribution >= 4 is 34.8 Å². The molecule has 2 aromatic rings. The van der Waals surface area contributed by atoms with Gasteiger partial charge in [-0.15, -0.1) is 0 Å². The van der Waals surface area contributed by atoms with Crippen LogP contribution in [0.2, 0.25) is 5.15 Å². The number of methoxy groups -OCH3 is 1. The molecule has 0 amide bonds. The quantitative estimate of drug-likeness (QED) is 0.485. The number of hydrogen-bond donors (Lipinski definition) is 0. The summed E-state index contributed by atoms with van der Waals surface area (Å²) in [6.45, 7) is 0. The Labute approximate surface area is 109 Å². The summed E-state index contributed by atoms with van der Waals surface area (Å²) in [7, 11) is 1.34. The number of carbonyl (C=O) groups is 2. The molecule has 0 aliphatic heterocycles. The number of aldehydes is 1. The van der Waals surface area contributed by atoms with E-state index in [0.29, 0.717) is 17.4 Å². The highest BCUT2D eigenvalue weighted by Gasteiger charge is 2.07. The number of nitrogens with zero attached hydrogens (tertiary/aromatic N) is 1. The Morgan fingerprint density at radius 2 is 2.22 bits per heavy atom. The lowest BCUT2D eigenvalue weighted by Gasteiger charge is -2.04. The molecule has 1 aromatic carbocycles. The second-order valence-corrected chi connectivity index (χ2v) is 4.12. The number of carbonyl (C=O) groups excluding carboxylic acids is 2. The van der Waals surface area contributed by atoms with Gasteiger partial charge in [0.25, 0.3) is 0 Å². The average Bonchev–Trinajstić information content (AvgIpc) is 2.38. The Balaban J connectivity index is 2.47. The fourth-order valence-corrected chi connectivity index (χ4v) is 1.84. The van der Waals surface area contributed by atoms with E-state index in [4.69, 9.17) is 11.6 Å². The number of halogens is 1. The van der Waals surface area contributed by atoms with Gasteiger partial charge in [-0.3, -0.25) is 9.59 Å². The van der Waals surface area contributed by atoms with Crippen LogP contribution in [-0.4, -0.2) is 24.3 Å². The van der Waals surface area contributed by atoms with Crippen molar-refractivity contribution in [3.63, 3.8) is 0 Å². The van der Waals surface area contributed by atoms with E-state index in [0.717, 1.165) is 10.9 Å². The minimum atomic E-state index is -0.313. The summed E-state index contributed by atoms with van der Waals surface area (Å²) < 4.78 is 4.60. The summed E-state index contributed by atoms with van der Waals surface area (Å²) >= 11 is 5.83. The second kappa shape index (κ2) is 5.14. The van der Waals surface area contributed by atoms with Gasteiger partial charge < -0.3 is 4.74 Å². The first kappa shape index (κ1) is 12.5. The van der Waals surface area contributed by atoms with Crippen molar-refractivity contribution in [3.8, 4) is 0 Å². The lowest BCUT2D eigenvalue weighted by atomic mass is 10.1. The van der Waals surface area contributed by atoms with Gasteiger partial charge in [-0.25, -0.2) is 4.98 Å². The maximum atomic E-state index is 11.2. The van der Waals surface area contributed by atoms with E-state index in [1.165, 1.54) is 7.11 Å². The van der Waals surface area contributed by atoms with Crippen LogP contribution in [0, 0.1) is 0 Å². The van der Waals surface area contributed by atoms with E-state index in [9.17, 15) is 9.59 Å². The molecule has 1 aromatic heterocycles. The van der Waals surface area contributed by atoms with Gasteiger partial charge in [0.15, 0.2) is 6.29 Å². The van der Waals surface area contributed by atoms with Crippen LogP contribution in [0.3, 0.4) is 0 Å². The first-order chi connectivity index (χ1) is 8.63. The van der Waals surface area contributed by atoms with Gasteiger partial charge in [0.1, 0.15) is 5.15 Å². The SMILES string of the molecule is COC(=O)Cc1ccc2nc(Cl)c(C=O)cc2c1. The number of fused-ring (bicyclic) bond motifs is 1. The van der Waals surface area contributed by atoms with E-state index in [2.05, 4.69) is 9.72 Å². The van der Waals surface area contributed by atoms with Crippen LogP contribution in [-0.2, 0) is 16.0 Å². The Hall–Kier alpha value is -1.94. The van der Waals surface area contributed by atoms with Crippen LogP contribution in [0.15, 0.2) is 24.3 Å². The molecule has 0 spiro atoms. The molecule has 0 saturated carbocycles. The second-order valence-electron chi connectivity index (χ2n) is 3.77. The summed E-state index contributed by atoms with van der Waals surface area (Å²) in [5.74, 6) is -0.313. The molecule has 0 bridgehead atoms. The maximum absolute atomic E-state index is 11.2. The smallest absolute Gasteiger partial charge is 0.309 e. The number of hydrogen-bond acceptors (Lipinski definition) is 4. The Kier molecular flexibility index (Phi) is 3.58. The number of aromatic nitrogens is 1. The summed E-state index contributed by atoms with van der Waals surface area (Å²) in [5, 5.41) is 0.945. The van der Waals surface area contributed by atoms with Gasteiger partial charge >= 0.3 is 5.97 Å². The first-order valence-electron chi connectivity index (χ1n) is 5.25. The zero-order valence-electron chi connectivity index (χ0n) is 9.64. The normalized spacial score (nSPS) is 10.3. The van der Waals surface area contributed by atoms with Gasteiger partial charge in [0, 0.05) is 5.39 Å². The molecule has 0 radical (unpaired) electrons. The average molecular weight is 264 g/mol. The van der Waals surface area contributed by atoms with Crippen LogP contribution in [0.25, 0.3) is 10.9 Å². The number of pyridine rings is 1. The molecule has 92 valence electrons. The number of benzene rings is 1. The molecule has 0 N–H and O–H groups in total. The molecule has 0 saturated heterocycles. The van der Waals surface area contributed by atoms with Gasteiger partial charge in [-0.2, -0.15) is 0 Å². The van der Waals surface area contributed by atoms with E-state index in [-0.39, 0.29) is 17.5 Å². The highest BCUT2D eigenvalue weighted by atomic mass is 35.5. The summed E-state index contributed by atoms with van der Waals surface area (Å²) in [5.41, 5.74) is 1.81. The molecule has 1 heterocycles. The Morgan fingerprint density at radius 1 is 1.44 bits per heavy atom. The van der Waals surface area contributed by atoms with Gasteiger partial charge in [0.2, 0.25) is 0 Å². The topological polar surface area (TPSA) is 56.3 Å². The first-order valence-corrected chi connectivity index (χ1v) is 5.63. The predicted molar refractivity (Wildman–Crippen MR) is 67.9 cm³/mol. The third-order valence-corrected chi connectivity index (χ3v) is 2.87. The Bertz CT molecular complexity index is 625. The third-order valence-electron chi connectivity index (χ3n) is 2.56. The molecule has 0 atom stereocenters. The minimum absolute atomic E-state index is 0.179. The monoisotopic (exact) mass is 263 g/mol. The number of rotatable bonds is 3. The fraction of sp³-hybridized carbons (Fsp3) is 0.154. The summed E-state index contributed by atoms with van der Waals surface area (Å²) in [6.07, 6.45) is 0.841. The van der Waals surface area contributed by atoms with Crippen molar-refractivity contribution in [1.82, 2.24) is 4.98 Å². The van der Waals surface area contributed by atoms with Crippen LogP contribution in [0.5, 0.6) is 0 Å². The molecule has 4 nitrogen and oxygen atoms in total. The maximum Gasteiger partial charge on any atom is 0.309 e. The van der Waals surface area contributed by atoms with Crippen molar-refractivity contribution in [1.29, 1.82) is 0 Å². The van der Waals surface area contributed by atoms with E-state index in [1.54, 1.807) is 24.3 Å². The van der Waals surface area contributed by atoms with E-state index < -0.39 is 0 Å². The van der Waals surface area contributed by atoms with E-state index >= 15 is 0 Å². The molecule has 0 unspecified atom stereocenters. The van der Waals surface area contributed by atoms with Crippen molar-refractivity contribution in [3.05, 3.63) is 40.5 Å².